The monoisotopic (exact) mass is 300 g/mol. The van der Waals surface area contributed by atoms with Crippen LogP contribution in [0.1, 0.15) is 19.7 Å². The second kappa shape index (κ2) is 5.63. The van der Waals surface area contributed by atoms with Crippen LogP contribution in [0.5, 0.6) is 0 Å². The number of fused-ring (bicyclic) bond motifs is 1. The van der Waals surface area contributed by atoms with Gasteiger partial charge in [0.25, 0.3) is 0 Å². The molecule has 1 aliphatic heterocycles. The molecular formula is C14H20N8. The summed E-state index contributed by atoms with van der Waals surface area (Å²) in [5, 5.41) is 0. The fraction of sp³-hybridized carbons (Fsp3) is 0.429. The zero-order valence-electron chi connectivity index (χ0n) is 12.8. The van der Waals surface area contributed by atoms with E-state index < -0.39 is 0 Å². The van der Waals surface area contributed by atoms with E-state index in [2.05, 4.69) is 43.3 Å². The first-order chi connectivity index (χ1) is 10.5. The van der Waals surface area contributed by atoms with Crippen molar-refractivity contribution >= 4 is 29.1 Å². The highest BCUT2D eigenvalue weighted by Crippen LogP contribution is 2.22. The van der Waals surface area contributed by atoms with Gasteiger partial charge in [0.05, 0.1) is 6.54 Å². The highest BCUT2D eigenvalue weighted by atomic mass is 15.2. The lowest BCUT2D eigenvalue weighted by atomic mass is 10.2. The van der Waals surface area contributed by atoms with Crippen molar-refractivity contribution in [3.8, 4) is 0 Å². The zero-order valence-corrected chi connectivity index (χ0v) is 12.8. The number of anilines is 2. The maximum atomic E-state index is 5.95. The quantitative estimate of drug-likeness (QED) is 0.871. The minimum absolute atomic E-state index is 0.170. The highest BCUT2D eigenvalue weighted by molar-refractivity contribution is 5.83. The van der Waals surface area contributed by atoms with Crippen molar-refractivity contribution in [2.75, 3.05) is 18.1 Å². The molecule has 22 heavy (non-hydrogen) atoms. The van der Waals surface area contributed by atoms with Crippen LogP contribution >= 0.6 is 0 Å². The van der Waals surface area contributed by atoms with Gasteiger partial charge in [-0.3, -0.25) is 4.99 Å². The molecule has 0 aromatic carbocycles. The molecule has 0 amide bonds. The van der Waals surface area contributed by atoms with Crippen molar-refractivity contribution in [1.29, 1.82) is 0 Å². The van der Waals surface area contributed by atoms with Crippen molar-refractivity contribution in [3.63, 3.8) is 0 Å². The predicted molar refractivity (Wildman–Crippen MR) is 87.0 cm³/mol. The minimum atomic E-state index is 0.170. The van der Waals surface area contributed by atoms with E-state index in [0.717, 1.165) is 12.4 Å². The molecule has 0 radical (unpaired) electrons. The van der Waals surface area contributed by atoms with Crippen LogP contribution in [-0.4, -0.2) is 37.3 Å². The van der Waals surface area contributed by atoms with E-state index in [1.165, 1.54) is 0 Å². The fourth-order valence-electron chi connectivity index (χ4n) is 2.47. The number of nitrogens with two attached hydrogens (primary N) is 2. The molecule has 0 atom stereocenters. The smallest absolute Gasteiger partial charge is 0.224 e. The summed E-state index contributed by atoms with van der Waals surface area (Å²) in [7, 11) is 0. The van der Waals surface area contributed by atoms with Gasteiger partial charge in [0.1, 0.15) is 12.5 Å². The molecule has 0 bridgehead atoms. The van der Waals surface area contributed by atoms with Gasteiger partial charge < -0.3 is 20.9 Å². The predicted octanol–water partition coefficient (Wildman–Crippen LogP) is 1.00. The Kier molecular flexibility index (Phi) is 3.66. The molecule has 0 saturated heterocycles. The number of aliphatic imine (C=N–C) groups is 1. The number of hydrogen-bond acceptors (Lipinski definition) is 7. The Hall–Kier alpha value is -2.64. The standard InChI is InChI=1S/C14H20N8/c1-9(2)6-22-10(7-21-5-3-4-17-8-21)18-11-12(15)19-14(16)20-13(11)22/h3-5,9H,6-8H2,1-2H3,(H4,15,16,19,20). The molecular weight excluding hydrogens is 280 g/mol. The lowest BCUT2D eigenvalue weighted by molar-refractivity contribution is 0.357. The highest BCUT2D eigenvalue weighted by Gasteiger charge is 2.18. The van der Waals surface area contributed by atoms with Gasteiger partial charge in [0.2, 0.25) is 5.95 Å². The summed E-state index contributed by atoms with van der Waals surface area (Å²) in [4.78, 5) is 19.3. The molecule has 116 valence electrons. The third kappa shape index (κ3) is 2.72. The van der Waals surface area contributed by atoms with Gasteiger partial charge in [-0.15, -0.1) is 0 Å². The Bertz CT molecular complexity index is 743. The van der Waals surface area contributed by atoms with Gasteiger partial charge in [-0.1, -0.05) is 13.8 Å². The van der Waals surface area contributed by atoms with Crippen molar-refractivity contribution in [1.82, 2.24) is 24.4 Å². The van der Waals surface area contributed by atoms with Crippen LogP contribution in [0.3, 0.4) is 0 Å². The Morgan fingerprint density at radius 3 is 2.73 bits per heavy atom. The first-order valence-electron chi connectivity index (χ1n) is 7.23. The van der Waals surface area contributed by atoms with Crippen molar-refractivity contribution in [2.24, 2.45) is 10.9 Å². The van der Waals surface area contributed by atoms with Crippen LogP contribution in [0, 0.1) is 5.92 Å². The fourth-order valence-corrected chi connectivity index (χ4v) is 2.47. The normalized spacial score (nSPS) is 14.4. The molecule has 2 aromatic rings. The number of aromatic nitrogens is 4. The molecule has 8 heteroatoms. The van der Waals surface area contributed by atoms with Crippen molar-refractivity contribution in [3.05, 3.63) is 18.1 Å². The molecule has 2 aromatic heterocycles. The Labute approximate surface area is 128 Å². The van der Waals surface area contributed by atoms with E-state index in [4.69, 9.17) is 11.5 Å². The number of hydrogen-bond donors (Lipinski definition) is 2. The van der Waals surface area contributed by atoms with E-state index in [0.29, 0.717) is 36.1 Å². The van der Waals surface area contributed by atoms with Crippen LogP contribution in [0.2, 0.25) is 0 Å². The number of allylic oxidation sites excluding steroid dienone is 1. The van der Waals surface area contributed by atoms with Crippen LogP contribution in [0.4, 0.5) is 11.8 Å². The molecule has 1 aliphatic rings. The largest absolute Gasteiger partial charge is 0.382 e. The zero-order chi connectivity index (χ0) is 15.7. The molecule has 0 spiro atoms. The van der Waals surface area contributed by atoms with Crippen LogP contribution < -0.4 is 11.5 Å². The van der Waals surface area contributed by atoms with E-state index >= 15 is 0 Å². The second-order valence-electron chi connectivity index (χ2n) is 5.73. The number of nitrogens with zero attached hydrogens (tertiary/aromatic N) is 6. The van der Waals surface area contributed by atoms with Gasteiger partial charge in [0.15, 0.2) is 17.0 Å². The SMILES string of the molecule is CC(C)Cn1c(CN2C=CC=NC2)nc2c(N)nc(N)nc21. The van der Waals surface area contributed by atoms with E-state index in [1.54, 1.807) is 6.21 Å². The number of rotatable bonds is 4. The van der Waals surface area contributed by atoms with Gasteiger partial charge >= 0.3 is 0 Å². The summed E-state index contributed by atoms with van der Waals surface area (Å²) in [6, 6.07) is 0. The Balaban J connectivity index is 2.05. The van der Waals surface area contributed by atoms with Gasteiger partial charge in [-0.25, -0.2) is 4.98 Å². The van der Waals surface area contributed by atoms with E-state index in [9.17, 15) is 0 Å². The lowest BCUT2D eigenvalue weighted by Gasteiger charge is -2.20. The van der Waals surface area contributed by atoms with Crippen LogP contribution in [0.15, 0.2) is 17.3 Å². The molecule has 0 unspecified atom stereocenters. The molecule has 0 fully saturated rings. The summed E-state index contributed by atoms with van der Waals surface area (Å²) in [5.74, 6) is 1.82. The molecule has 8 nitrogen and oxygen atoms in total. The molecule has 0 saturated carbocycles. The van der Waals surface area contributed by atoms with Crippen LogP contribution in [-0.2, 0) is 13.1 Å². The Morgan fingerprint density at radius 1 is 1.23 bits per heavy atom. The lowest BCUT2D eigenvalue weighted by Crippen LogP contribution is -2.22. The topological polar surface area (TPSA) is 111 Å². The first kappa shape index (κ1) is 14.3. The minimum Gasteiger partial charge on any atom is -0.382 e. The Morgan fingerprint density at radius 2 is 2.05 bits per heavy atom. The molecule has 3 rings (SSSR count). The summed E-state index contributed by atoms with van der Waals surface area (Å²) >= 11 is 0. The molecule has 4 N–H and O–H groups in total. The summed E-state index contributed by atoms with van der Waals surface area (Å²) in [6.07, 6.45) is 5.69. The average molecular weight is 300 g/mol. The van der Waals surface area contributed by atoms with Crippen molar-refractivity contribution in [2.45, 2.75) is 26.9 Å². The second-order valence-corrected chi connectivity index (χ2v) is 5.73. The number of imidazole rings is 1. The van der Waals surface area contributed by atoms with Gasteiger partial charge in [-0.2, -0.15) is 9.97 Å². The van der Waals surface area contributed by atoms with Gasteiger partial charge in [0, 0.05) is 19.0 Å². The summed E-state index contributed by atoms with van der Waals surface area (Å²) in [6.45, 7) is 6.34. The first-order valence-corrected chi connectivity index (χ1v) is 7.23. The van der Waals surface area contributed by atoms with E-state index in [1.807, 2.05) is 12.3 Å². The molecule has 0 aliphatic carbocycles. The number of nitrogen functional groups attached to an aromatic ring is 2. The third-order valence-electron chi connectivity index (χ3n) is 3.36. The maximum absolute atomic E-state index is 5.95. The summed E-state index contributed by atoms with van der Waals surface area (Å²) < 4.78 is 2.07. The van der Waals surface area contributed by atoms with Crippen LogP contribution in [0.25, 0.3) is 11.2 Å². The average Bonchev–Trinajstić information content (AvgIpc) is 2.78. The van der Waals surface area contributed by atoms with E-state index in [-0.39, 0.29) is 5.95 Å². The molecule has 3 heterocycles. The third-order valence-corrected chi connectivity index (χ3v) is 3.36. The van der Waals surface area contributed by atoms with Crippen molar-refractivity contribution < 1.29 is 0 Å². The summed E-state index contributed by atoms with van der Waals surface area (Å²) in [5.41, 5.74) is 13.0. The maximum Gasteiger partial charge on any atom is 0.224 e. The van der Waals surface area contributed by atoms with Gasteiger partial charge in [-0.05, 0) is 12.0 Å².